The summed E-state index contributed by atoms with van der Waals surface area (Å²) < 4.78 is 48.4. The molecule has 1 aliphatic heterocycles. The fourth-order valence-electron chi connectivity index (χ4n) is 8.02. The Bertz CT molecular complexity index is 1600. The zero-order chi connectivity index (χ0) is 36.4. The van der Waals surface area contributed by atoms with Crippen molar-refractivity contribution in [1.82, 2.24) is 13.5 Å². The predicted octanol–water partition coefficient (Wildman–Crippen LogP) is 7.30. The van der Waals surface area contributed by atoms with E-state index in [1.807, 2.05) is 33.8 Å². The fraction of sp³-hybridized carbons (Fsp3) is 0.743. The van der Waals surface area contributed by atoms with Crippen LogP contribution >= 0.6 is 0 Å². The molecule has 1 aliphatic carbocycles. The van der Waals surface area contributed by atoms with Crippen LogP contribution in [0.4, 0.5) is 4.79 Å². The number of sulfonamides is 1. The van der Waals surface area contributed by atoms with E-state index in [1.54, 1.807) is 33.9 Å². The molecule has 0 bridgehead atoms. The maximum Gasteiger partial charge on any atom is 0.497 e. The molecule has 3 heterocycles. The first-order chi connectivity index (χ1) is 21.9. The number of carbonyl (C=O) groups excluding carboxylic acids is 2. The number of aromatic nitrogens is 2. The molecule has 2 fully saturated rings. The maximum atomic E-state index is 14.7. The lowest BCUT2D eigenvalue weighted by Crippen LogP contribution is -2.54. The highest BCUT2D eigenvalue weighted by Crippen LogP contribution is 2.45. The first-order valence-corrected chi connectivity index (χ1v) is 21.4. The fourth-order valence-corrected chi connectivity index (χ4v) is 16.2. The van der Waals surface area contributed by atoms with Crippen LogP contribution in [0.3, 0.4) is 0 Å². The van der Waals surface area contributed by atoms with Crippen LogP contribution in [0, 0.1) is 5.92 Å². The second-order valence-corrected chi connectivity index (χ2v) is 24.4. The molecule has 2 aromatic heterocycles. The molecular formula is C35H58BN3O7SSi. The summed E-state index contributed by atoms with van der Waals surface area (Å²) in [5, 5.41) is 0.747. The van der Waals surface area contributed by atoms with Crippen molar-refractivity contribution in [3.8, 4) is 0 Å². The van der Waals surface area contributed by atoms with E-state index in [0.717, 1.165) is 15.3 Å². The Labute approximate surface area is 289 Å². The van der Waals surface area contributed by atoms with Crippen LogP contribution in [0.2, 0.25) is 16.6 Å². The zero-order valence-corrected chi connectivity index (χ0v) is 33.4. The third kappa shape index (κ3) is 6.65. The Balaban J connectivity index is 1.83. The van der Waals surface area contributed by atoms with Crippen molar-refractivity contribution in [1.29, 1.82) is 0 Å². The normalized spacial score (nSPS) is 21.3. The zero-order valence-electron chi connectivity index (χ0n) is 31.6. The van der Waals surface area contributed by atoms with Gasteiger partial charge in [0.05, 0.1) is 23.0 Å². The van der Waals surface area contributed by atoms with Crippen molar-refractivity contribution in [2.75, 3.05) is 5.75 Å². The molecule has 4 rings (SSSR count). The minimum Gasteiger partial charge on any atom is -0.443 e. The highest BCUT2D eigenvalue weighted by atomic mass is 32.2. The minimum absolute atomic E-state index is 0.121. The largest absolute Gasteiger partial charge is 0.497 e. The molecule has 0 atom stereocenters. The lowest BCUT2D eigenvalue weighted by molar-refractivity contribution is 0.00578. The van der Waals surface area contributed by atoms with Crippen molar-refractivity contribution >= 4 is 53.7 Å². The maximum absolute atomic E-state index is 14.7. The Morgan fingerprint density at radius 1 is 1.04 bits per heavy atom. The van der Waals surface area contributed by atoms with Gasteiger partial charge < -0.3 is 18.3 Å². The lowest BCUT2D eigenvalue weighted by Gasteiger charge is -2.44. The number of ketones is 1. The van der Waals surface area contributed by atoms with Crippen molar-refractivity contribution in [2.24, 2.45) is 5.92 Å². The topological polar surface area (TPSA) is 117 Å². The van der Waals surface area contributed by atoms with Crippen LogP contribution in [-0.4, -0.2) is 77.8 Å². The second kappa shape index (κ2) is 13.2. The summed E-state index contributed by atoms with van der Waals surface area (Å²) in [6, 6.07) is 1.34. The van der Waals surface area contributed by atoms with E-state index >= 15 is 0 Å². The van der Waals surface area contributed by atoms with Crippen LogP contribution < -0.4 is 5.46 Å². The van der Waals surface area contributed by atoms with E-state index in [9.17, 15) is 18.0 Å². The van der Waals surface area contributed by atoms with E-state index in [1.165, 1.54) is 0 Å². The van der Waals surface area contributed by atoms with Gasteiger partial charge in [-0.15, -0.1) is 0 Å². The molecule has 0 aromatic carbocycles. The molecular weight excluding hydrogens is 645 g/mol. The molecule has 0 spiro atoms. The minimum atomic E-state index is -3.94. The summed E-state index contributed by atoms with van der Waals surface area (Å²) in [5.74, 6) is -0.808. The molecule has 0 N–H and O–H groups in total. The van der Waals surface area contributed by atoms with E-state index < -0.39 is 60.2 Å². The highest BCUT2D eigenvalue weighted by Gasteiger charge is 2.54. The van der Waals surface area contributed by atoms with E-state index in [-0.39, 0.29) is 24.4 Å². The summed E-state index contributed by atoms with van der Waals surface area (Å²) in [4.78, 5) is 33.0. The second-order valence-electron chi connectivity index (χ2n) is 16.7. The molecule has 0 radical (unpaired) electrons. The van der Waals surface area contributed by atoms with Gasteiger partial charge in [0.1, 0.15) is 11.2 Å². The molecule has 0 unspecified atom stereocenters. The SMILES string of the molecule is CCCS(=O)(=O)N(C(=O)OC(C)(C)C)C1CC(C(=O)c2c(B3OC(C)(C)C(C)(C)O3)cnc3c2ccn3[Si](C(C)C)(C(C)C)C(C)C)C1. The predicted molar refractivity (Wildman–Crippen MR) is 195 cm³/mol. The Morgan fingerprint density at radius 2 is 1.56 bits per heavy atom. The van der Waals surface area contributed by atoms with E-state index in [4.69, 9.17) is 19.0 Å². The molecule has 13 heteroatoms. The van der Waals surface area contributed by atoms with Gasteiger partial charge in [-0.1, -0.05) is 48.5 Å². The Morgan fingerprint density at radius 3 is 2.02 bits per heavy atom. The standard InChI is InChI=1S/C35H58BN3O7SSi/c1-15-18-47(42,43)39(32(41)44-33(8,9)10)26-19-25(20-26)30(40)29-27-16-17-38(48(22(2)3,23(4)5)24(6)7)31(27)37-21-28(29)36-45-34(11,12)35(13,14)46-36/h16-17,21-26H,15,18-20H2,1-14H3. The molecule has 2 aliphatic rings. The third-order valence-electron chi connectivity index (χ3n) is 10.8. The van der Waals surface area contributed by atoms with E-state index in [2.05, 4.69) is 52.0 Å². The molecule has 268 valence electrons. The summed E-state index contributed by atoms with van der Waals surface area (Å²) in [7, 11) is -6.97. The monoisotopic (exact) mass is 703 g/mol. The van der Waals surface area contributed by atoms with Gasteiger partial charge in [-0.25, -0.2) is 22.5 Å². The molecule has 10 nitrogen and oxygen atoms in total. The number of nitrogens with zero attached hydrogens (tertiary/aromatic N) is 3. The molecule has 2 aromatic rings. The first kappa shape index (κ1) is 38.6. The summed E-state index contributed by atoms with van der Waals surface area (Å²) in [5.41, 5.74) is 0.950. The molecule has 1 saturated carbocycles. The van der Waals surface area contributed by atoms with Crippen molar-refractivity contribution in [3.05, 3.63) is 24.0 Å². The average molecular weight is 704 g/mol. The molecule has 1 amide bonds. The quantitative estimate of drug-likeness (QED) is 0.177. The van der Waals surface area contributed by atoms with Gasteiger partial charge >= 0.3 is 13.2 Å². The Hall–Kier alpha value is -2.22. The summed E-state index contributed by atoms with van der Waals surface area (Å²) in [6.07, 6.45) is 3.72. The number of pyridine rings is 1. The number of carbonyl (C=O) groups is 2. The smallest absolute Gasteiger partial charge is 0.443 e. The molecule has 48 heavy (non-hydrogen) atoms. The Kier molecular flexibility index (Phi) is 10.6. The van der Waals surface area contributed by atoms with Crippen LogP contribution in [0.5, 0.6) is 0 Å². The van der Waals surface area contributed by atoms with Gasteiger partial charge in [0.2, 0.25) is 10.0 Å². The van der Waals surface area contributed by atoms with Gasteiger partial charge in [-0.05, 0) is 96.6 Å². The number of ether oxygens (including phenoxy) is 1. The van der Waals surface area contributed by atoms with Gasteiger partial charge in [0.25, 0.3) is 0 Å². The van der Waals surface area contributed by atoms with Crippen molar-refractivity contribution in [2.45, 2.75) is 156 Å². The summed E-state index contributed by atoms with van der Waals surface area (Å²) in [6.45, 7) is 28.5. The van der Waals surface area contributed by atoms with Crippen LogP contribution in [-0.2, 0) is 24.1 Å². The highest BCUT2D eigenvalue weighted by molar-refractivity contribution is 7.89. The van der Waals surface area contributed by atoms with Gasteiger partial charge in [-0.2, -0.15) is 0 Å². The van der Waals surface area contributed by atoms with Crippen LogP contribution in [0.15, 0.2) is 18.5 Å². The number of rotatable bonds is 11. The van der Waals surface area contributed by atoms with Crippen molar-refractivity contribution < 1.29 is 32.1 Å². The lowest BCUT2D eigenvalue weighted by atomic mass is 9.69. The average Bonchev–Trinajstić information content (AvgIpc) is 3.40. The number of hydrogen-bond acceptors (Lipinski definition) is 8. The third-order valence-corrected chi connectivity index (χ3v) is 19.6. The number of hydrogen-bond donors (Lipinski definition) is 0. The first-order valence-electron chi connectivity index (χ1n) is 17.6. The van der Waals surface area contributed by atoms with E-state index in [0.29, 0.717) is 34.1 Å². The van der Waals surface area contributed by atoms with Crippen LogP contribution in [0.25, 0.3) is 11.0 Å². The summed E-state index contributed by atoms with van der Waals surface area (Å²) >= 11 is 0. The number of Topliss-reactive ketones (excluding diaryl/α,β-unsaturated/α-hetero) is 1. The van der Waals surface area contributed by atoms with Gasteiger partial charge in [0.15, 0.2) is 14.0 Å². The van der Waals surface area contributed by atoms with Gasteiger partial charge in [-0.3, -0.25) is 4.79 Å². The number of fused-ring (bicyclic) bond motifs is 1. The van der Waals surface area contributed by atoms with Gasteiger partial charge in [0, 0.05) is 28.5 Å². The van der Waals surface area contributed by atoms with Crippen LogP contribution in [0.1, 0.15) is 127 Å². The number of amides is 1. The molecule has 1 saturated heterocycles. The van der Waals surface area contributed by atoms with Crippen molar-refractivity contribution in [3.63, 3.8) is 0 Å².